The number of rotatable bonds is 14. The molecule has 0 heterocycles. The van der Waals surface area contributed by atoms with Gasteiger partial charge in [-0.25, -0.2) is 4.79 Å². The first-order chi connectivity index (χ1) is 15.5. The molecular weight excluding hydrogens is 404 g/mol. The standard InChI is InChI=1S/C26H36N2O4/c1-4-11-24(21(3)29)28-18-20(2)32-25-16-9-8-14-23(25)15-10-17-27-26(30)31-19-22-12-6-5-7-13-22/h5-9,12-14,16,20,24,28H,4,10-11,15,17-19H2,1-3H3,(H,27,30)/t20-,24+/m1/s1. The Kier molecular flexibility index (Phi) is 11.3. The molecule has 2 atom stereocenters. The van der Waals surface area contributed by atoms with Gasteiger partial charge in [0.25, 0.3) is 0 Å². The van der Waals surface area contributed by atoms with Crippen LogP contribution >= 0.6 is 0 Å². The zero-order chi connectivity index (χ0) is 23.2. The molecule has 2 aromatic carbocycles. The first-order valence-electron chi connectivity index (χ1n) is 11.4. The normalized spacial score (nSPS) is 12.6. The van der Waals surface area contributed by atoms with Gasteiger partial charge < -0.3 is 20.1 Å². The number of Topliss-reactive ketones (excluding diaryl/α,β-unsaturated/α-hetero) is 1. The molecule has 6 nitrogen and oxygen atoms in total. The predicted octanol–water partition coefficient (Wildman–Crippen LogP) is 4.66. The lowest BCUT2D eigenvalue weighted by molar-refractivity contribution is -0.119. The molecule has 0 spiro atoms. The highest BCUT2D eigenvalue weighted by atomic mass is 16.5. The first kappa shape index (κ1) is 25.4. The van der Waals surface area contributed by atoms with Crippen molar-refractivity contribution >= 4 is 11.9 Å². The maximum atomic E-state index is 11.9. The molecule has 0 unspecified atom stereocenters. The Hall–Kier alpha value is -2.86. The van der Waals surface area contributed by atoms with Crippen LogP contribution in [-0.2, 0) is 22.6 Å². The Morgan fingerprint density at radius 1 is 1.03 bits per heavy atom. The number of aryl methyl sites for hydroxylation is 1. The second kappa shape index (κ2) is 14.2. The van der Waals surface area contributed by atoms with E-state index in [0.29, 0.717) is 13.1 Å². The van der Waals surface area contributed by atoms with Crippen LogP contribution in [0.2, 0.25) is 0 Å². The largest absolute Gasteiger partial charge is 0.489 e. The average molecular weight is 441 g/mol. The van der Waals surface area contributed by atoms with Crippen LogP contribution in [0.5, 0.6) is 5.75 Å². The van der Waals surface area contributed by atoms with E-state index in [1.165, 1.54) is 0 Å². The van der Waals surface area contributed by atoms with E-state index in [9.17, 15) is 9.59 Å². The fourth-order valence-electron chi connectivity index (χ4n) is 3.37. The van der Waals surface area contributed by atoms with E-state index >= 15 is 0 Å². The van der Waals surface area contributed by atoms with Crippen molar-refractivity contribution in [2.24, 2.45) is 0 Å². The van der Waals surface area contributed by atoms with E-state index < -0.39 is 6.09 Å². The van der Waals surface area contributed by atoms with Crippen molar-refractivity contribution < 1.29 is 19.1 Å². The second-order valence-corrected chi connectivity index (χ2v) is 7.99. The number of ether oxygens (including phenoxy) is 2. The molecule has 0 aliphatic rings. The molecule has 1 amide bonds. The predicted molar refractivity (Wildman–Crippen MR) is 127 cm³/mol. The maximum absolute atomic E-state index is 11.9. The number of hydrogen-bond donors (Lipinski definition) is 2. The minimum Gasteiger partial charge on any atom is -0.489 e. The van der Waals surface area contributed by atoms with Gasteiger partial charge in [0, 0.05) is 13.1 Å². The summed E-state index contributed by atoms with van der Waals surface area (Å²) in [5.74, 6) is 0.998. The van der Waals surface area contributed by atoms with Crippen molar-refractivity contribution in [3.8, 4) is 5.75 Å². The van der Waals surface area contributed by atoms with Gasteiger partial charge in [-0.15, -0.1) is 0 Å². The van der Waals surface area contributed by atoms with Crippen LogP contribution in [0.25, 0.3) is 0 Å². The van der Waals surface area contributed by atoms with Crippen LogP contribution in [0.15, 0.2) is 54.6 Å². The third kappa shape index (κ3) is 9.52. The highest BCUT2D eigenvalue weighted by molar-refractivity contribution is 5.81. The summed E-state index contributed by atoms with van der Waals surface area (Å²) in [7, 11) is 0. The highest BCUT2D eigenvalue weighted by Crippen LogP contribution is 2.20. The number of alkyl carbamates (subject to hydrolysis) is 1. The third-order valence-corrected chi connectivity index (χ3v) is 5.13. The van der Waals surface area contributed by atoms with E-state index in [2.05, 4.69) is 17.6 Å². The van der Waals surface area contributed by atoms with Gasteiger partial charge in [0.2, 0.25) is 0 Å². The molecule has 2 aromatic rings. The van der Waals surface area contributed by atoms with E-state index in [4.69, 9.17) is 9.47 Å². The van der Waals surface area contributed by atoms with Gasteiger partial charge in [-0.05, 0) is 50.3 Å². The molecule has 0 fully saturated rings. The molecule has 2 rings (SSSR count). The molecular formula is C26H36N2O4. The number of para-hydroxylation sites is 1. The third-order valence-electron chi connectivity index (χ3n) is 5.13. The van der Waals surface area contributed by atoms with E-state index in [0.717, 1.165) is 42.6 Å². The number of nitrogens with one attached hydrogen (secondary N) is 2. The average Bonchev–Trinajstić information content (AvgIpc) is 2.79. The smallest absolute Gasteiger partial charge is 0.407 e. The van der Waals surface area contributed by atoms with Gasteiger partial charge in [-0.2, -0.15) is 0 Å². The number of ketones is 1. The quantitative estimate of drug-likeness (QED) is 0.418. The maximum Gasteiger partial charge on any atom is 0.407 e. The monoisotopic (exact) mass is 440 g/mol. The summed E-state index contributed by atoms with van der Waals surface area (Å²) in [6.07, 6.45) is 2.87. The summed E-state index contributed by atoms with van der Waals surface area (Å²) in [6.45, 7) is 7.09. The van der Waals surface area contributed by atoms with Crippen LogP contribution in [0, 0.1) is 0 Å². The summed E-state index contributed by atoms with van der Waals surface area (Å²) in [5.41, 5.74) is 2.05. The van der Waals surface area contributed by atoms with Gasteiger partial charge in [-0.3, -0.25) is 4.79 Å². The van der Waals surface area contributed by atoms with Gasteiger partial charge in [0.05, 0.1) is 6.04 Å². The number of hydrogen-bond acceptors (Lipinski definition) is 5. The van der Waals surface area contributed by atoms with Crippen molar-refractivity contribution in [3.05, 3.63) is 65.7 Å². The Morgan fingerprint density at radius 2 is 1.75 bits per heavy atom. The second-order valence-electron chi connectivity index (χ2n) is 7.99. The van der Waals surface area contributed by atoms with Crippen molar-refractivity contribution in [1.29, 1.82) is 0 Å². The fraction of sp³-hybridized carbons (Fsp3) is 0.462. The van der Waals surface area contributed by atoms with E-state index in [1.807, 2.05) is 61.5 Å². The molecule has 2 N–H and O–H groups in total. The Balaban J connectivity index is 1.73. The lowest BCUT2D eigenvalue weighted by atomic mass is 10.1. The zero-order valence-corrected chi connectivity index (χ0v) is 19.4. The highest BCUT2D eigenvalue weighted by Gasteiger charge is 2.15. The first-order valence-corrected chi connectivity index (χ1v) is 11.4. The molecule has 32 heavy (non-hydrogen) atoms. The number of carbonyl (C=O) groups is 2. The molecule has 0 saturated carbocycles. The minimum atomic E-state index is -0.412. The molecule has 0 aliphatic carbocycles. The van der Waals surface area contributed by atoms with Gasteiger partial charge in [-0.1, -0.05) is 61.9 Å². The summed E-state index contributed by atoms with van der Waals surface area (Å²) >= 11 is 0. The minimum absolute atomic E-state index is 0.0686. The van der Waals surface area contributed by atoms with Gasteiger partial charge >= 0.3 is 6.09 Å². The lowest BCUT2D eigenvalue weighted by Crippen LogP contribution is -2.40. The number of amides is 1. The topological polar surface area (TPSA) is 76.7 Å². The summed E-state index contributed by atoms with van der Waals surface area (Å²) in [5, 5.41) is 6.11. The molecule has 0 saturated heterocycles. The molecule has 0 bridgehead atoms. The molecule has 6 heteroatoms. The Bertz CT molecular complexity index is 826. The Morgan fingerprint density at radius 3 is 2.47 bits per heavy atom. The van der Waals surface area contributed by atoms with Gasteiger partial charge in [0.15, 0.2) is 0 Å². The van der Waals surface area contributed by atoms with Crippen LogP contribution in [-0.4, -0.2) is 37.1 Å². The molecule has 0 aliphatic heterocycles. The molecule has 0 radical (unpaired) electrons. The summed E-state index contributed by atoms with van der Waals surface area (Å²) in [4.78, 5) is 23.6. The molecule has 0 aromatic heterocycles. The summed E-state index contributed by atoms with van der Waals surface area (Å²) in [6, 6.07) is 17.4. The van der Waals surface area contributed by atoms with Crippen LogP contribution in [0.4, 0.5) is 4.79 Å². The zero-order valence-electron chi connectivity index (χ0n) is 19.4. The lowest BCUT2D eigenvalue weighted by Gasteiger charge is -2.21. The van der Waals surface area contributed by atoms with Gasteiger partial charge in [0.1, 0.15) is 24.2 Å². The van der Waals surface area contributed by atoms with E-state index in [1.54, 1.807) is 6.92 Å². The number of carbonyl (C=O) groups excluding carboxylic acids is 2. The van der Waals surface area contributed by atoms with Crippen molar-refractivity contribution in [1.82, 2.24) is 10.6 Å². The van der Waals surface area contributed by atoms with Crippen LogP contribution < -0.4 is 15.4 Å². The van der Waals surface area contributed by atoms with Crippen molar-refractivity contribution in [3.63, 3.8) is 0 Å². The van der Waals surface area contributed by atoms with Crippen LogP contribution in [0.3, 0.4) is 0 Å². The SMILES string of the molecule is CCC[C@H](NC[C@@H](C)Oc1ccccc1CCCNC(=O)OCc1ccccc1)C(C)=O. The molecule has 174 valence electrons. The van der Waals surface area contributed by atoms with Crippen LogP contribution in [0.1, 0.15) is 51.2 Å². The fourth-order valence-corrected chi connectivity index (χ4v) is 3.37. The van der Waals surface area contributed by atoms with Crippen molar-refractivity contribution in [2.75, 3.05) is 13.1 Å². The summed E-state index contributed by atoms with van der Waals surface area (Å²) < 4.78 is 11.4. The van der Waals surface area contributed by atoms with Crippen molar-refractivity contribution in [2.45, 2.75) is 65.2 Å². The van der Waals surface area contributed by atoms with E-state index in [-0.39, 0.29) is 24.5 Å². The number of benzene rings is 2. The Labute approximate surface area is 191 Å².